The maximum atomic E-state index is 11.3. The van der Waals surface area contributed by atoms with Gasteiger partial charge in [0.05, 0.1) is 10.7 Å². The van der Waals surface area contributed by atoms with Gasteiger partial charge < -0.3 is 5.73 Å². The fourth-order valence-electron chi connectivity index (χ4n) is 1.33. The van der Waals surface area contributed by atoms with Crippen LogP contribution in [-0.2, 0) is 6.42 Å². The third kappa shape index (κ3) is 1.21. The number of aliphatic imine (C=N–C) groups is 1. The van der Waals surface area contributed by atoms with E-state index >= 15 is 0 Å². The zero-order chi connectivity index (χ0) is 9.42. The molecular weight excluding hydrogens is 188 g/mol. The first kappa shape index (κ1) is 8.26. The van der Waals surface area contributed by atoms with Crippen molar-refractivity contribution >= 4 is 29.4 Å². The molecule has 2 N–H and O–H groups in total. The quantitative estimate of drug-likeness (QED) is 0.639. The van der Waals surface area contributed by atoms with E-state index in [4.69, 9.17) is 17.3 Å². The SMILES string of the molecule is Nc1ccc2c(c1Cl)CC=NC2=O. The highest BCUT2D eigenvalue weighted by Gasteiger charge is 2.17. The molecule has 1 aromatic carbocycles. The Morgan fingerprint density at radius 3 is 3.00 bits per heavy atom. The molecule has 0 spiro atoms. The van der Waals surface area contributed by atoms with Crippen LogP contribution in [0.15, 0.2) is 17.1 Å². The smallest absolute Gasteiger partial charge is 0.276 e. The molecular formula is C9H7ClN2O. The van der Waals surface area contributed by atoms with E-state index in [0.29, 0.717) is 22.7 Å². The van der Waals surface area contributed by atoms with Gasteiger partial charge in [0.25, 0.3) is 5.91 Å². The van der Waals surface area contributed by atoms with Gasteiger partial charge in [0.15, 0.2) is 0 Å². The highest BCUT2D eigenvalue weighted by Crippen LogP contribution is 2.28. The molecule has 4 heteroatoms. The van der Waals surface area contributed by atoms with Gasteiger partial charge in [0.2, 0.25) is 0 Å². The molecule has 0 aromatic heterocycles. The third-order valence-corrected chi connectivity index (χ3v) is 2.45. The second-order valence-corrected chi connectivity index (χ2v) is 3.19. The molecule has 0 radical (unpaired) electrons. The Morgan fingerprint density at radius 1 is 1.46 bits per heavy atom. The van der Waals surface area contributed by atoms with E-state index in [0.717, 1.165) is 5.56 Å². The summed E-state index contributed by atoms with van der Waals surface area (Å²) in [5.74, 6) is -0.247. The zero-order valence-corrected chi connectivity index (χ0v) is 7.51. The van der Waals surface area contributed by atoms with Gasteiger partial charge in [0, 0.05) is 18.2 Å². The first-order chi connectivity index (χ1) is 6.20. The van der Waals surface area contributed by atoms with Crippen LogP contribution in [0, 0.1) is 0 Å². The minimum absolute atomic E-state index is 0.247. The Bertz CT molecular complexity index is 412. The molecule has 0 saturated heterocycles. The van der Waals surface area contributed by atoms with Gasteiger partial charge in [-0.15, -0.1) is 0 Å². The molecule has 1 aliphatic heterocycles. The highest BCUT2D eigenvalue weighted by molar-refractivity contribution is 6.34. The molecule has 0 atom stereocenters. The lowest BCUT2D eigenvalue weighted by Gasteiger charge is -2.11. The van der Waals surface area contributed by atoms with Crippen molar-refractivity contribution < 1.29 is 4.79 Å². The Labute approximate surface area is 80.2 Å². The van der Waals surface area contributed by atoms with E-state index in [1.165, 1.54) is 0 Å². The molecule has 0 unspecified atom stereocenters. The monoisotopic (exact) mass is 194 g/mol. The van der Waals surface area contributed by atoms with Gasteiger partial charge in [-0.25, -0.2) is 4.99 Å². The first-order valence-electron chi connectivity index (χ1n) is 3.84. The van der Waals surface area contributed by atoms with Crippen LogP contribution in [0.1, 0.15) is 15.9 Å². The van der Waals surface area contributed by atoms with Crippen LogP contribution in [0.4, 0.5) is 5.69 Å². The third-order valence-electron chi connectivity index (χ3n) is 2.01. The number of anilines is 1. The zero-order valence-electron chi connectivity index (χ0n) is 6.75. The van der Waals surface area contributed by atoms with Gasteiger partial charge in [-0.05, 0) is 17.7 Å². The van der Waals surface area contributed by atoms with Crippen molar-refractivity contribution in [1.82, 2.24) is 0 Å². The van der Waals surface area contributed by atoms with Crippen LogP contribution in [0.2, 0.25) is 5.02 Å². The standard InChI is InChI=1S/C9H7ClN2O/c10-8-5-3-4-12-9(13)6(5)1-2-7(8)11/h1-2,4H,3,11H2. The molecule has 13 heavy (non-hydrogen) atoms. The number of nitrogens with two attached hydrogens (primary N) is 1. The molecule has 1 aliphatic rings. The molecule has 0 bridgehead atoms. The summed E-state index contributed by atoms with van der Waals surface area (Å²) in [6, 6.07) is 3.29. The summed E-state index contributed by atoms with van der Waals surface area (Å²) in [6.45, 7) is 0. The number of halogens is 1. The van der Waals surface area contributed by atoms with Crippen LogP contribution in [-0.4, -0.2) is 12.1 Å². The number of carbonyl (C=O) groups is 1. The summed E-state index contributed by atoms with van der Waals surface area (Å²) in [5.41, 5.74) is 7.44. The number of fused-ring (bicyclic) bond motifs is 1. The van der Waals surface area contributed by atoms with Crippen molar-refractivity contribution in [3.05, 3.63) is 28.3 Å². The minimum atomic E-state index is -0.247. The van der Waals surface area contributed by atoms with Gasteiger partial charge in [-0.1, -0.05) is 11.6 Å². The van der Waals surface area contributed by atoms with E-state index in [-0.39, 0.29) is 5.91 Å². The van der Waals surface area contributed by atoms with Crippen LogP contribution < -0.4 is 5.73 Å². The van der Waals surface area contributed by atoms with E-state index in [1.807, 2.05) is 0 Å². The predicted octanol–water partition coefficient (Wildman–Crippen LogP) is 1.69. The van der Waals surface area contributed by atoms with E-state index in [1.54, 1.807) is 18.3 Å². The predicted molar refractivity (Wildman–Crippen MR) is 52.4 cm³/mol. The number of carbonyl (C=O) groups excluding carboxylic acids is 1. The van der Waals surface area contributed by atoms with Crippen molar-refractivity contribution in [1.29, 1.82) is 0 Å². The topological polar surface area (TPSA) is 55.4 Å². The van der Waals surface area contributed by atoms with E-state index in [9.17, 15) is 4.79 Å². The molecule has 0 aliphatic carbocycles. The maximum Gasteiger partial charge on any atom is 0.276 e. The average Bonchev–Trinajstić information content (AvgIpc) is 2.12. The summed E-state index contributed by atoms with van der Waals surface area (Å²) in [6.07, 6.45) is 2.13. The molecule has 66 valence electrons. The number of nitrogens with zero attached hydrogens (tertiary/aromatic N) is 1. The van der Waals surface area contributed by atoms with Crippen molar-refractivity contribution in [2.24, 2.45) is 4.99 Å². The highest BCUT2D eigenvalue weighted by atomic mass is 35.5. The fraction of sp³-hybridized carbons (Fsp3) is 0.111. The summed E-state index contributed by atoms with van der Waals surface area (Å²) in [7, 11) is 0. The van der Waals surface area contributed by atoms with Crippen molar-refractivity contribution in [2.45, 2.75) is 6.42 Å². The van der Waals surface area contributed by atoms with Crippen molar-refractivity contribution in [2.75, 3.05) is 5.73 Å². The fourth-order valence-corrected chi connectivity index (χ4v) is 1.57. The van der Waals surface area contributed by atoms with Gasteiger partial charge in [-0.2, -0.15) is 0 Å². The minimum Gasteiger partial charge on any atom is -0.398 e. The molecule has 2 rings (SSSR count). The van der Waals surface area contributed by atoms with Gasteiger partial charge >= 0.3 is 0 Å². The normalized spacial score (nSPS) is 14.4. The lowest BCUT2D eigenvalue weighted by Crippen LogP contribution is -2.09. The van der Waals surface area contributed by atoms with Crippen LogP contribution in [0.3, 0.4) is 0 Å². The second-order valence-electron chi connectivity index (χ2n) is 2.82. The summed E-state index contributed by atoms with van der Waals surface area (Å²) in [4.78, 5) is 14.9. The Balaban J connectivity index is 2.67. The van der Waals surface area contributed by atoms with Crippen molar-refractivity contribution in [3.63, 3.8) is 0 Å². The largest absolute Gasteiger partial charge is 0.398 e. The maximum absolute atomic E-state index is 11.3. The van der Waals surface area contributed by atoms with E-state index < -0.39 is 0 Å². The molecule has 0 fully saturated rings. The van der Waals surface area contributed by atoms with Crippen LogP contribution >= 0.6 is 11.6 Å². The molecule has 3 nitrogen and oxygen atoms in total. The molecule has 1 amide bonds. The number of rotatable bonds is 0. The van der Waals surface area contributed by atoms with Crippen LogP contribution in [0.25, 0.3) is 0 Å². The van der Waals surface area contributed by atoms with Gasteiger partial charge in [0.1, 0.15) is 0 Å². The Kier molecular flexibility index (Phi) is 1.81. The second kappa shape index (κ2) is 2.85. The lowest BCUT2D eigenvalue weighted by molar-refractivity contribution is 0.100. The van der Waals surface area contributed by atoms with Crippen LogP contribution in [0.5, 0.6) is 0 Å². The Morgan fingerprint density at radius 2 is 2.23 bits per heavy atom. The number of amides is 1. The van der Waals surface area contributed by atoms with Gasteiger partial charge in [-0.3, -0.25) is 4.79 Å². The van der Waals surface area contributed by atoms with E-state index in [2.05, 4.69) is 4.99 Å². The Hall–Kier alpha value is -1.35. The summed E-state index contributed by atoms with van der Waals surface area (Å²) < 4.78 is 0. The number of hydrogen-bond donors (Lipinski definition) is 1. The molecule has 1 heterocycles. The summed E-state index contributed by atoms with van der Waals surface area (Å²) >= 11 is 5.94. The first-order valence-corrected chi connectivity index (χ1v) is 4.21. The number of nitrogen functional groups attached to an aromatic ring is 1. The molecule has 1 aromatic rings. The number of hydrogen-bond acceptors (Lipinski definition) is 2. The lowest BCUT2D eigenvalue weighted by atomic mass is 10.0. The molecule has 0 saturated carbocycles. The average molecular weight is 195 g/mol. The summed E-state index contributed by atoms with van der Waals surface area (Å²) in [5, 5.41) is 0.469. The number of benzene rings is 1. The van der Waals surface area contributed by atoms with Crippen molar-refractivity contribution in [3.8, 4) is 0 Å².